The van der Waals surface area contributed by atoms with E-state index in [9.17, 15) is 9.59 Å². The summed E-state index contributed by atoms with van der Waals surface area (Å²) in [7, 11) is 0. The van der Waals surface area contributed by atoms with E-state index in [2.05, 4.69) is 0 Å². The highest BCUT2D eigenvalue weighted by Crippen LogP contribution is 2.59. The maximum Gasteiger partial charge on any atom is 0.328 e. The standard InChI is InChI=1S/C14H20O5/c1-12(2,3)19-11(16)14-8-5-9(17-10(14)15)18-13(14)6-4-7-13/h9H,4-8H2,1-3H3/t9-,14+/m1/s1. The zero-order valence-corrected chi connectivity index (χ0v) is 11.7. The molecule has 1 saturated carbocycles. The zero-order valence-electron chi connectivity index (χ0n) is 11.7. The van der Waals surface area contributed by atoms with Gasteiger partial charge < -0.3 is 14.2 Å². The Morgan fingerprint density at radius 3 is 2.47 bits per heavy atom. The van der Waals surface area contributed by atoms with Crippen LogP contribution in [0.4, 0.5) is 0 Å². The van der Waals surface area contributed by atoms with Crippen molar-refractivity contribution in [3.8, 4) is 0 Å². The summed E-state index contributed by atoms with van der Waals surface area (Å²) >= 11 is 0. The Balaban J connectivity index is 1.97. The Hall–Kier alpha value is -1.10. The van der Waals surface area contributed by atoms with Crippen LogP contribution in [-0.4, -0.2) is 29.4 Å². The maximum atomic E-state index is 12.6. The molecule has 3 heterocycles. The largest absolute Gasteiger partial charge is 0.459 e. The molecule has 0 N–H and O–H groups in total. The monoisotopic (exact) mass is 268 g/mol. The van der Waals surface area contributed by atoms with Gasteiger partial charge in [0.2, 0.25) is 6.29 Å². The first kappa shape index (κ1) is 12.9. The molecule has 0 aromatic rings. The van der Waals surface area contributed by atoms with Crippen LogP contribution in [0, 0.1) is 5.41 Å². The van der Waals surface area contributed by atoms with E-state index in [0.717, 1.165) is 19.3 Å². The molecule has 4 rings (SSSR count). The average molecular weight is 268 g/mol. The molecular formula is C14H20O5. The van der Waals surface area contributed by atoms with E-state index < -0.39 is 34.8 Å². The molecule has 106 valence electrons. The van der Waals surface area contributed by atoms with E-state index in [4.69, 9.17) is 14.2 Å². The Kier molecular flexibility index (Phi) is 2.53. The third kappa shape index (κ3) is 1.64. The second kappa shape index (κ2) is 3.72. The fraction of sp³-hybridized carbons (Fsp3) is 0.857. The highest BCUT2D eigenvalue weighted by molar-refractivity contribution is 6.03. The second-order valence-electron chi connectivity index (χ2n) is 6.75. The predicted octanol–water partition coefficient (Wildman–Crippen LogP) is 1.93. The van der Waals surface area contributed by atoms with Gasteiger partial charge in [-0.3, -0.25) is 9.59 Å². The molecule has 0 aromatic carbocycles. The summed E-state index contributed by atoms with van der Waals surface area (Å²) in [5, 5.41) is 0. The number of carbonyl (C=O) groups excluding carboxylic acids is 2. The van der Waals surface area contributed by atoms with Gasteiger partial charge in [-0.2, -0.15) is 0 Å². The van der Waals surface area contributed by atoms with Crippen molar-refractivity contribution in [2.75, 3.05) is 0 Å². The van der Waals surface area contributed by atoms with Gasteiger partial charge in [-0.25, -0.2) is 0 Å². The average Bonchev–Trinajstić information content (AvgIpc) is 2.24. The molecule has 2 bridgehead atoms. The molecule has 0 unspecified atom stereocenters. The Bertz CT molecular complexity index is 432. The molecule has 5 nitrogen and oxygen atoms in total. The summed E-state index contributed by atoms with van der Waals surface area (Å²) in [5.74, 6) is -0.938. The molecule has 3 saturated heterocycles. The van der Waals surface area contributed by atoms with Crippen molar-refractivity contribution in [1.29, 1.82) is 0 Å². The van der Waals surface area contributed by atoms with Crippen molar-refractivity contribution in [3.63, 3.8) is 0 Å². The van der Waals surface area contributed by atoms with E-state index in [1.807, 2.05) is 0 Å². The smallest absolute Gasteiger partial charge is 0.328 e. The lowest BCUT2D eigenvalue weighted by molar-refractivity contribution is -0.333. The molecule has 5 heteroatoms. The number of fused-ring (bicyclic) bond motifs is 2. The molecule has 1 spiro atoms. The summed E-state index contributed by atoms with van der Waals surface area (Å²) in [5.41, 5.74) is -2.54. The third-order valence-corrected chi connectivity index (χ3v) is 4.39. The summed E-state index contributed by atoms with van der Waals surface area (Å²) in [6.45, 7) is 5.40. The van der Waals surface area contributed by atoms with Crippen LogP contribution in [-0.2, 0) is 23.8 Å². The number of carbonyl (C=O) groups is 2. The quantitative estimate of drug-likeness (QED) is 0.537. The normalized spacial score (nSPS) is 35.7. The second-order valence-corrected chi connectivity index (χ2v) is 6.75. The third-order valence-electron chi connectivity index (χ3n) is 4.39. The van der Waals surface area contributed by atoms with Gasteiger partial charge in [0.25, 0.3) is 0 Å². The van der Waals surface area contributed by atoms with Crippen LogP contribution in [0.5, 0.6) is 0 Å². The van der Waals surface area contributed by atoms with E-state index in [1.54, 1.807) is 20.8 Å². The number of hydrogen-bond donors (Lipinski definition) is 0. The number of rotatable bonds is 1. The van der Waals surface area contributed by atoms with Crippen LogP contribution in [0.15, 0.2) is 0 Å². The van der Waals surface area contributed by atoms with Crippen LogP contribution >= 0.6 is 0 Å². The minimum absolute atomic E-state index is 0.455. The van der Waals surface area contributed by atoms with E-state index in [-0.39, 0.29) is 0 Å². The number of esters is 2. The molecule has 4 fully saturated rings. The zero-order chi connectivity index (χ0) is 13.9. The minimum Gasteiger partial charge on any atom is -0.459 e. The first-order valence-corrected chi connectivity index (χ1v) is 6.92. The molecule has 1 aliphatic carbocycles. The summed E-state index contributed by atoms with van der Waals surface area (Å²) in [6.07, 6.45) is 3.02. The summed E-state index contributed by atoms with van der Waals surface area (Å²) in [4.78, 5) is 24.9. The molecule has 0 aromatic heterocycles. The molecule has 0 amide bonds. The molecule has 19 heavy (non-hydrogen) atoms. The van der Waals surface area contributed by atoms with Crippen LogP contribution in [0.1, 0.15) is 52.9 Å². The van der Waals surface area contributed by atoms with Crippen molar-refractivity contribution >= 4 is 11.9 Å². The van der Waals surface area contributed by atoms with Gasteiger partial charge in [-0.15, -0.1) is 0 Å². The van der Waals surface area contributed by atoms with Crippen molar-refractivity contribution in [2.45, 2.75) is 70.4 Å². The fourth-order valence-corrected chi connectivity index (χ4v) is 3.34. The van der Waals surface area contributed by atoms with Crippen LogP contribution in [0.2, 0.25) is 0 Å². The SMILES string of the molecule is CC(C)(C)OC(=O)[C@]12CC[C@H](OC1=O)OC21CCC1. The fourth-order valence-electron chi connectivity index (χ4n) is 3.34. The van der Waals surface area contributed by atoms with Crippen molar-refractivity contribution < 1.29 is 23.8 Å². The highest BCUT2D eigenvalue weighted by atomic mass is 16.7. The van der Waals surface area contributed by atoms with Crippen molar-refractivity contribution in [1.82, 2.24) is 0 Å². The first-order chi connectivity index (χ1) is 8.79. The Morgan fingerprint density at radius 1 is 1.32 bits per heavy atom. The molecule has 0 radical (unpaired) electrons. The van der Waals surface area contributed by atoms with Crippen LogP contribution in [0.25, 0.3) is 0 Å². The first-order valence-electron chi connectivity index (χ1n) is 6.92. The summed E-state index contributed by atoms with van der Waals surface area (Å²) < 4.78 is 16.5. The highest BCUT2D eigenvalue weighted by Gasteiger charge is 2.73. The van der Waals surface area contributed by atoms with Gasteiger partial charge >= 0.3 is 11.9 Å². The molecule has 4 aliphatic rings. The molecular weight excluding hydrogens is 248 g/mol. The van der Waals surface area contributed by atoms with Gasteiger partial charge in [0.1, 0.15) is 5.60 Å². The van der Waals surface area contributed by atoms with Gasteiger partial charge in [0.05, 0.1) is 5.60 Å². The van der Waals surface area contributed by atoms with Crippen molar-refractivity contribution in [3.05, 3.63) is 0 Å². The molecule has 3 aliphatic heterocycles. The predicted molar refractivity (Wildman–Crippen MR) is 65.1 cm³/mol. The lowest BCUT2D eigenvalue weighted by Gasteiger charge is -2.59. The van der Waals surface area contributed by atoms with Crippen molar-refractivity contribution in [2.24, 2.45) is 5.41 Å². The topological polar surface area (TPSA) is 61.8 Å². The van der Waals surface area contributed by atoms with Gasteiger partial charge in [0.15, 0.2) is 5.41 Å². The van der Waals surface area contributed by atoms with Gasteiger partial charge in [-0.05, 0) is 46.5 Å². The lowest BCUT2D eigenvalue weighted by Crippen LogP contribution is -2.71. The number of ether oxygens (including phenoxy) is 3. The number of hydrogen-bond acceptors (Lipinski definition) is 5. The van der Waals surface area contributed by atoms with E-state index in [1.165, 1.54) is 0 Å². The lowest BCUT2D eigenvalue weighted by atomic mass is 9.57. The minimum atomic E-state index is -1.24. The Morgan fingerprint density at radius 2 is 2.00 bits per heavy atom. The van der Waals surface area contributed by atoms with Gasteiger partial charge in [0, 0.05) is 6.42 Å². The summed E-state index contributed by atoms with van der Waals surface area (Å²) in [6, 6.07) is 0. The van der Waals surface area contributed by atoms with Crippen LogP contribution in [0.3, 0.4) is 0 Å². The van der Waals surface area contributed by atoms with E-state index in [0.29, 0.717) is 12.8 Å². The molecule has 2 atom stereocenters. The Labute approximate surface area is 112 Å². The van der Waals surface area contributed by atoms with Gasteiger partial charge in [-0.1, -0.05) is 0 Å². The van der Waals surface area contributed by atoms with E-state index >= 15 is 0 Å². The maximum absolute atomic E-state index is 12.6. The van der Waals surface area contributed by atoms with Crippen LogP contribution < -0.4 is 0 Å².